The van der Waals surface area contributed by atoms with Crippen LogP contribution < -0.4 is 21.3 Å². The van der Waals surface area contributed by atoms with Gasteiger partial charge in [-0.15, -0.1) is 0 Å². The number of pyridine rings is 3. The number of amides is 2. The Hall–Kier alpha value is -4.42. The van der Waals surface area contributed by atoms with E-state index in [0.717, 1.165) is 24.8 Å². The van der Waals surface area contributed by atoms with Crippen molar-refractivity contribution in [2.24, 2.45) is 5.73 Å². The smallest absolute Gasteiger partial charge is 0.243 e. The van der Waals surface area contributed by atoms with Crippen LogP contribution in [0.3, 0.4) is 0 Å². The minimum atomic E-state index is -1.05. The minimum Gasteiger partial charge on any atom is -0.379 e. The summed E-state index contributed by atoms with van der Waals surface area (Å²) in [5, 5.41) is 15.2. The number of nitrogens with two attached hydrogens (primary N) is 1. The van der Waals surface area contributed by atoms with Crippen LogP contribution in [0.25, 0.3) is 11.3 Å². The summed E-state index contributed by atoms with van der Waals surface area (Å²) in [5.74, 6) is 0.148. The van der Waals surface area contributed by atoms with Crippen LogP contribution in [0.4, 0.5) is 11.5 Å². The maximum Gasteiger partial charge on any atom is 0.243 e. The van der Waals surface area contributed by atoms with Gasteiger partial charge in [-0.2, -0.15) is 0 Å². The SMILES string of the molecule is COC(C)(C)C.N=C(c1cccc(N2CCC(NC=O)(C(N)=O)CC2)n1)c1cc(-c2cccnc2)ncc1NC1CCCCO1. The van der Waals surface area contributed by atoms with Gasteiger partial charge in [-0.05, 0) is 83.2 Å². The molecule has 2 aliphatic rings. The number of rotatable bonds is 9. The number of hydrogen-bond acceptors (Lipinski definition) is 10. The van der Waals surface area contributed by atoms with Gasteiger partial charge in [0.2, 0.25) is 12.3 Å². The third-order valence-corrected chi connectivity index (χ3v) is 7.98. The summed E-state index contributed by atoms with van der Waals surface area (Å²) in [6, 6.07) is 11.2. The molecule has 5 rings (SSSR count). The fraction of sp³-hybridized carbons (Fsp3) is 0.455. The fourth-order valence-electron chi connectivity index (χ4n) is 5.05. The molecule has 0 radical (unpaired) electrons. The summed E-state index contributed by atoms with van der Waals surface area (Å²) in [5.41, 5.74) is 8.24. The van der Waals surface area contributed by atoms with Gasteiger partial charge < -0.3 is 30.7 Å². The third kappa shape index (κ3) is 8.83. The van der Waals surface area contributed by atoms with Crippen LogP contribution >= 0.6 is 0 Å². The van der Waals surface area contributed by atoms with Crippen molar-refractivity contribution in [2.45, 2.75) is 70.2 Å². The first-order chi connectivity index (χ1) is 21.5. The molecule has 2 amide bonds. The molecule has 5 N–H and O–H groups in total. The zero-order valence-corrected chi connectivity index (χ0v) is 26.5. The summed E-state index contributed by atoms with van der Waals surface area (Å²) in [7, 11) is 1.71. The van der Waals surface area contributed by atoms with E-state index in [2.05, 4.69) is 20.6 Å². The van der Waals surface area contributed by atoms with Gasteiger partial charge in [0.25, 0.3) is 0 Å². The van der Waals surface area contributed by atoms with Gasteiger partial charge in [-0.1, -0.05) is 6.07 Å². The standard InChI is InChI=1S/C28H32N8O3.C5H12O/c29-26(21-6-3-7-24(34-21)36-12-9-28(10-13-36,27(30)38)33-18-37)20-15-22(19-5-4-11-31-16-19)32-17-23(20)35-25-8-1-2-14-39-25;1-5(2,3)6-4/h3-7,11,15-18,25,29,35H,1-2,8-10,12-14H2,(H2,30,38)(H,33,37);1-4H3. The average molecular weight is 617 g/mol. The van der Waals surface area contributed by atoms with E-state index >= 15 is 0 Å². The predicted molar refractivity (Wildman–Crippen MR) is 174 cm³/mol. The lowest BCUT2D eigenvalue weighted by atomic mass is 9.87. The number of nitrogens with zero attached hydrogens (tertiary/aromatic N) is 4. The van der Waals surface area contributed by atoms with Gasteiger partial charge in [0.15, 0.2) is 0 Å². The highest BCUT2D eigenvalue weighted by atomic mass is 16.5. The van der Waals surface area contributed by atoms with Crippen molar-refractivity contribution in [2.75, 3.05) is 37.0 Å². The van der Waals surface area contributed by atoms with Crippen LogP contribution in [0.5, 0.6) is 0 Å². The first kappa shape index (κ1) is 33.5. The van der Waals surface area contributed by atoms with Crippen LogP contribution in [0.1, 0.15) is 64.1 Å². The van der Waals surface area contributed by atoms with Crippen molar-refractivity contribution in [1.29, 1.82) is 5.41 Å². The number of hydrogen-bond donors (Lipinski definition) is 4. The van der Waals surface area contributed by atoms with E-state index in [9.17, 15) is 9.59 Å². The lowest BCUT2D eigenvalue weighted by molar-refractivity contribution is -0.128. The molecule has 12 nitrogen and oxygen atoms in total. The van der Waals surface area contributed by atoms with E-state index in [1.165, 1.54) is 0 Å². The highest BCUT2D eigenvalue weighted by molar-refractivity contribution is 6.13. The Kier molecular flexibility index (Phi) is 11.2. The summed E-state index contributed by atoms with van der Waals surface area (Å²) in [6.07, 6.45) is 9.32. The van der Waals surface area contributed by atoms with Gasteiger partial charge >= 0.3 is 0 Å². The summed E-state index contributed by atoms with van der Waals surface area (Å²) in [4.78, 5) is 38.8. The van der Waals surface area contributed by atoms with Crippen molar-refractivity contribution in [3.05, 3.63) is 66.2 Å². The minimum absolute atomic E-state index is 0.0417. The molecule has 1 atom stereocenters. The molecule has 1 unspecified atom stereocenters. The van der Waals surface area contributed by atoms with Crippen LogP contribution in [-0.2, 0) is 19.1 Å². The number of primary amides is 1. The molecule has 2 aliphatic heterocycles. The van der Waals surface area contributed by atoms with Crippen molar-refractivity contribution in [3.63, 3.8) is 0 Å². The number of nitrogens with one attached hydrogen (secondary N) is 3. The van der Waals surface area contributed by atoms with Crippen molar-refractivity contribution < 1.29 is 19.1 Å². The summed E-state index contributed by atoms with van der Waals surface area (Å²) >= 11 is 0. The van der Waals surface area contributed by atoms with E-state index in [4.69, 9.17) is 25.6 Å². The number of aromatic nitrogens is 3. The molecule has 0 bridgehead atoms. The van der Waals surface area contributed by atoms with Crippen LogP contribution in [-0.4, -0.2) is 77.2 Å². The number of piperidine rings is 1. The molecule has 3 aromatic rings. The monoisotopic (exact) mass is 616 g/mol. The second-order valence-corrected chi connectivity index (χ2v) is 12.1. The molecule has 240 valence electrons. The zero-order chi connectivity index (χ0) is 32.5. The van der Waals surface area contributed by atoms with Gasteiger partial charge in [-0.25, -0.2) is 4.98 Å². The summed E-state index contributed by atoms with van der Waals surface area (Å²) in [6.45, 7) is 7.73. The topological polar surface area (TPSA) is 168 Å². The van der Waals surface area contributed by atoms with Gasteiger partial charge in [-0.3, -0.25) is 25.0 Å². The first-order valence-corrected chi connectivity index (χ1v) is 15.2. The maximum atomic E-state index is 12.0. The molecule has 0 spiro atoms. The molecule has 12 heteroatoms. The highest BCUT2D eigenvalue weighted by Crippen LogP contribution is 2.29. The number of anilines is 2. The second-order valence-electron chi connectivity index (χ2n) is 12.1. The largest absolute Gasteiger partial charge is 0.379 e. The number of carbonyl (C=O) groups is 2. The average Bonchev–Trinajstić information content (AvgIpc) is 3.06. The Bertz CT molecular complexity index is 1450. The molecule has 3 aromatic heterocycles. The van der Waals surface area contributed by atoms with E-state index in [0.29, 0.717) is 67.4 Å². The molecule has 0 saturated carbocycles. The van der Waals surface area contributed by atoms with Crippen LogP contribution in [0.2, 0.25) is 0 Å². The quantitative estimate of drug-likeness (QED) is 0.206. The third-order valence-electron chi connectivity index (χ3n) is 7.98. The van der Waals surface area contributed by atoms with Crippen LogP contribution in [0, 0.1) is 5.41 Å². The Balaban J connectivity index is 0.000000700. The van der Waals surface area contributed by atoms with Gasteiger partial charge in [0.05, 0.1) is 34.6 Å². The van der Waals surface area contributed by atoms with E-state index < -0.39 is 11.4 Å². The molecule has 45 heavy (non-hydrogen) atoms. The molecule has 0 aliphatic carbocycles. The lowest BCUT2D eigenvalue weighted by Gasteiger charge is -2.39. The normalized spacial score (nSPS) is 17.8. The van der Waals surface area contributed by atoms with Crippen LogP contribution in [0.15, 0.2) is 55.0 Å². The van der Waals surface area contributed by atoms with Crippen molar-refractivity contribution >= 4 is 29.5 Å². The maximum absolute atomic E-state index is 12.0. The number of carbonyl (C=O) groups excluding carboxylic acids is 2. The Morgan fingerprint density at radius 1 is 1.18 bits per heavy atom. The fourth-order valence-corrected chi connectivity index (χ4v) is 5.05. The van der Waals surface area contributed by atoms with Crippen molar-refractivity contribution in [1.82, 2.24) is 20.3 Å². The molecule has 2 saturated heterocycles. The Morgan fingerprint density at radius 2 is 1.93 bits per heavy atom. The predicted octanol–water partition coefficient (Wildman–Crippen LogP) is 3.89. The molecular weight excluding hydrogens is 572 g/mol. The first-order valence-electron chi connectivity index (χ1n) is 15.2. The molecule has 0 aromatic carbocycles. The van der Waals surface area contributed by atoms with Crippen molar-refractivity contribution in [3.8, 4) is 11.3 Å². The number of ether oxygens (including phenoxy) is 2. The lowest BCUT2D eigenvalue weighted by Crippen LogP contribution is -2.60. The molecule has 5 heterocycles. The Labute approximate surface area is 264 Å². The summed E-state index contributed by atoms with van der Waals surface area (Å²) < 4.78 is 10.8. The second kappa shape index (κ2) is 15.0. The highest BCUT2D eigenvalue weighted by Gasteiger charge is 2.40. The van der Waals surface area contributed by atoms with Gasteiger partial charge in [0, 0.05) is 50.3 Å². The van der Waals surface area contributed by atoms with E-state index in [-0.39, 0.29) is 17.5 Å². The van der Waals surface area contributed by atoms with Gasteiger partial charge in [0.1, 0.15) is 17.6 Å². The van der Waals surface area contributed by atoms with E-state index in [1.807, 2.05) is 62.1 Å². The molecule has 2 fully saturated rings. The zero-order valence-electron chi connectivity index (χ0n) is 26.5. The Morgan fingerprint density at radius 3 is 2.53 bits per heavy atom. The van der Waals surface area contributed by atoms with E-state index in [1.54, 1.807) is 25.7 Å². The number of methoxy groups -OCH3 is 1. The molecular formula is C33H44N8O4.